The summed E-state index contributed by atoms with van der Waals surface area (Å²) in [5, 5.41) is 18.7. The molecule has 0 bridgehead atoms. The second-order valence-electron chi connectivity index (χ2n) is 4.23. The quantitative estimate of drug-likeness (QED) is 0.647. The van der Waals surface area contributed by atoms with Gasteiger partial charge >= 0.3 is 0 Å². The van der Waals surface area contributed by atoms with E-state index in [1.165, 1.54) is 0 Å². The fourth-order valence-corrected chi connectivity index (χ4v) is 2.34. The number of aliphatic hydroxyl groups excluding tert-OH is 2. The third kappa shape index (κ3) is 2.08. The van der Waals surface area contributed by atoms with Crippen LogP contribution in [0.25, 0.3) is 0 Å². The van der Waals surface area contributed by atoms with Crippen molar-refractivity contribution in [1.82, 2.24) is 0 Å². The molecule has 1 spiro atoms. The molecule has 4 nitrogen and oxygen atoms in total. The van der Waals surface area contributed by atoms with Crippen molar-refractivity contribution in [1.29, 1.82) is 0 Å². The Balaban J connectivity index is 2.02. The first kappa shape index (κ1) is 10.4. The second kappa shape index (κ2) is 4.14. The van der Waals surface area contributed by atoms with Crippen LogP contribution in [-0.2, 0) is 9.47 Å². The van der Waals surface area contributed by atoms with E-state index in [1.807, 2.05) is 0 Å². The molecule has 0 unspecified atom stereocenters. The Morgan fingerprint density at radius 1 is 1.36 bits per heavy atom. The molecule has 0 amide bonds. The van der Waals surface area contributed by atoms with Crippen LogP contribution in [0.3, 0.4) is 0 Å². The maximum absolute atomic E-state index is 9.66. The molecule has 2 aliphatic rings. The highest BCUT2D eigenvalue weighted by molar-refractivity contribution is 4.85. The summed E-state index contributed by atoms with van der Waals surface area (Å²) >= 11 is 0. The van der Waals surface area contributed by atoms with E-state index in [0.29, 0.717) is 19.4 Å². The predicted octanol–water partition coefficient (Wildman–Crippen LogP) is 0.415. The minimum atomic E-state index is -0.608. The Morgan fingerprint density at radius 3 is 2.86 bits per heavy atom. The molecule has 0 aromatic carbocycles. The smallest absolute Gasteiger partial charge is 0.171 e. The molecule has 2 rings (SSSR count). The van der Waals surface area contributed by atoms with Crippen molar-refractivity contribution < 1.29 is 19.7 Å². The van der Waals surface area contributed by atoms with Crippen LogP contribution >= 0.6 is 0 Å². The van der Waals surface area contributed by atoms with Crippen LogP contribution in [0.1, 0.15) is 32.1 Å². The third-order valence-corrected chi connectivity index (χ3v) is 2.98. The van der Waals surface area contributed by atoms with E-state index < -0.39 is 11.9 Å². The van der Waals surface area contributed by atoms with Crippen molar-refractivity contribution in [3.63, 3.8) is 0 Å². The monoisotopic (exact) mass is 202 g/mol. The van der Waals surface area contributed by atoms with Gasteiger partial charge in [-0.2, -0.15) is 0 Å². The van der Waals surface area contributed by atoms with Crippen molar-refractivity contribution in [2.24, 2.45) is 0 Å². The molecule has 82 valence electrons. The SMILES string of the molecule is OC[C@@H]1C[C@H](O)C[C@@]2(CCCCO2)O1. The Morgan fingerprint density at radius 2 is 2.21 bits per heavy atom. The Kier molecular flexibility index (Phi) is 3.07. The van der Waals surface area contributed by atoms with Crippen molar-refractivity contribution >= 4 is 0 Å². The van der Waals surface area contributed by atoms with Crippen LogP contribution in [0.4, 0.5) is 0 Å². The first-order valence-electron chi connectivity index (χ1n) is 5.35. The molecule has 2 fully saturated rings. The van der Waals surface area contributed by atoms with E-state index >= 15 is 0 Å². The van der Waals surface area contributed by atoms with Gasteiger partial charge in [0.2, 0.25) is 0 Å². The molecule has 0 radical (unpaired) electrons. The lowest BCUT2D eigenvalue weighted by Crippen LogP contribution is -2.50. The van der Waals surface area contributed by atoms with Crippen LogP contribution in [-0.4, -0.2) is 41.4 Å². The van der Waals surface area contributed by atoms with Gasteiger partial charge in [-0.05, 0) is 12.8 Å². The molecule has 0 aromatic rings. The fraction of sp³-hybridized carbons (Fsp3) is 1.00. The Labute approximate surface area is 83.8 Å². The van der Waals surface area contributed by atoms with Gasteiger partial charge in [-0.1, -0.05) is 0 Å². The van der Waals surface area contributed by atoms with Gasteiger partial charge in [-0.3, -0.25) is 0 Å². The molecule has 14 heavy (non-hydrogen) atoms. The molecular weight excluding hydrogens is 184 g/mol. The lowest BCUT2D eigenvalue weighted by Gasteiger charge is -2.44. The molecular formula is C10H18O4. The second-order valence-corrected chi connectivity index (χ2v) is 4.23. The summed E-state index contributed by atoms with van der Waals surface area (Å²) in [6.07, 6.45) is 3.36. The van der Waals surface area contributed by atoms with Crippen molar-refractivity contribution in [3.05, 3.63) is 0 Å². The minimum Gasteiger partial charge on any atom is -0.394 e. The molecule has 2 heterocycles. The number of aliphatic hydroxyl groups is 2. The number of rotatable bonds is 1. The highest BCUT2D eigenvalue weighted by Crippen LogP contribution is 2.36. The zero-order chi connectivity index (χ0) is 10.0. The van der Waals surface area contributed by atoms with Crippen molar-refractivity contribution in [3.8, 4) is 0 Å². The van der Waals surface area contributed by atoms with Gasteiger partial charge in [0, 0.05) is 19.3 Å². The van der Waals surface area contributed by atoms with Gasteiger partial charge in [-0.25, -0.2) is 0 Å². The summed E-state index contributed by atoms with van der Waals surface area (Å²) in [5.74, 6) is -0.608. The Bertz CT molecular complexity index is 189. The van der Waals surface area contributed by atoms with E-state index in [-0.39, 0.29) is 12.7 Å². The lowest BCUT2D eigenvalue weighted by atomic mass is 9.93. The maximum Gasteiger partial charge on any atom is 0.171 e. The van der Waals surface area contributed by atoms with Crippen LogP contribution in [0, 0.1) is 0 Å². The zero-order valence-corrected chi connectivity index (χ0v) is 8.32. The van der Waals surface area contributed by atoms with Crippen LogP contribution in [0.15, 0.2) is 0 Å². The summed E-state index contributed by atoms with van der Waals surface area (Å²) in [6.45, 7) is 0.660. The van der Waals surface area contributed by atoms with E-state index in [9.17, 15) is 5.11 Å². The average Bonchev–Trinajstić information content (AvgIpc) is 2.17. The van der Waals surface area contributed by atoms with Gasteiger partial charge in [0.05, 0.1) is 25.4 Å². The maximum atomic E-state index is 9.66. The normalized spacial score (nSPS) is 44.1. The summed E-state index contributed by atoms with van der Waals surface area (Å²) in [4.78, 5) is 0. The topological polar surface area (TPSA) is 58.9 Å². The predicted molar refractivity (Wildman–Crippen MR) is 49.7 cm³/mol. The largest absolute Gasteiger partial charge is 0.394 e. The van der Waals surface area contributed by atoms with Gasteiger partial charge in [0.1, 0.15) is 0 Å². The first-order chi connectivity index (χ1) is 6.74. The molecule has 2 saturated heterocycles. The molecule has 4 heteroatoms. The van der Waals surface area contributed by atoms with E-state index in [0.717, 1.165) is 19.3 Å². The highest BCUT2D eigenvalue weighted by atomic mass is 16.7. The van der Waals surface area contributed by atoms with Crippen LogP contribution < -0.4 is 0 Å². The molecule has 0 aromatic heterocycles. The van der Waals surface area contributed by atoms with Crippen molar-refractivity contribution in [2.45, 2.75) is 50.1 Å². The average molecular weight is 202 g/mol. The highest BCUT2D eigenvalue weighted by Gasteiger charge is 2.42. The summed E-state index contributed by atoms with van der Waals surface area (Å²) in [7, 11) is 0. The lowest BCUT2D eigenvalue weighted by molar-refractivity contribution is -0.312. The van der Waals surface area contributed by atoms with Crippen LogP contribution in [0.2, 0.25) is 0 Å². The van der Waals surface area contributed by atoms with Crippen molar-refractivity contribution in [2.75, 3.05) is 13.2 Å². The minimum absolute atomic E-state index is 0.0395. The van der Waals surface area contributed by atoms with Gasteiger partial charge in [0.15, 0.2) is 5.79 Å². The van der Waals surface area contributed by atoms with E-state index in [1.54, 1.807) is 0 Å². The molecule has 0 aliphatic carbocycles. The van der Waals surface area contributed by atoms with E-state index in [2.05, 4.69) is 0 Å². The molecule has 0 saturated carbocycles. The zero-order valence-electron chi connectivity index (χ0n) is 8.32. The van der Waals surface area contributed by atoms with Gasteiger partial charge in [-0.15, -0.1) is 0 Å². The molecule has 2 N–H and O–H groups in total. The van der Waals surface area contributed by atoms with Gasteiger partial charge < -0.3 is 19.7 Å². The van der Waals surface area contributed by atoms with Crippen LogP contribution in [0.5, 0.6) is 0 Å². The standard InChI is InChI=1S/C10H18O4/c11-7-9-5-8(12)6-10(14-9)3-1-2-4-13-10/h8-9,11-12H,1-7H2/t8-,9-,10+/m0/s1. The summed E-state index contributed by atoms with van der Waals surface area (Å²) in [6, 6.07) is 0. The fourth-order valence-electron chi connectivity index (χ4n) is 2.34. The summed E-state index contributed by atoms with van der Waals surface area (Å²) < 4.78 is 11.3. The number of hydrogen-bond acceptors (Lipinski definition) is 4. The molecule has 3 atom stereocenters. The number of hydrogen-bond donors (Lipinski definition) is 2. The Hall–Kier alpha value is -0.160. The van der Waals surface area contributed by atoms with Gasteiger partial charge in [0.25, 0.3) is 0 Å². The molecule has 2 aliphatic heterocycles. The summed E-state index contributed by atoms with van der Waals surface area (Å²) in [5.41, 5.74) is 0. The third-order valence-electron chi connectivity index (χ3n) is 2.98. The first-order valence-corrected chi connectivity index (χ1v) is 5.35. The van der Waals surface area contributed by atoms with E-state index in [4.69, 9.17) is 14.6 Å². The number of ether oxygens (including phenoxy) is 2.